The number of aromatic nitrogens is 1. The summed E-state index contributed by atoms with van der Waals surface area (Å²) in [6.45, 7) is 3.65. The molecule has 1 aromatic heterocycles. The Hall–Kier alpha value is -2.95. The van der Waals surface area contributed by atoms with Gasteiger partial charge in [0, 0.05) is 38.9 Å². The summed E-state index contributed by atoms with van der Waals surface area (Å²) in [5.74, 6) is -2.75. The number of ether oxygens (including phenoxy) is 2. The number of alkyl halides is 3. The van der Waals surface area contributed by atoms with Crippen LogP contribution in [-0.2, 0) is 19.1 Å². The maximum atomic E-state index is 13.1. The van der Waals surface area contributed by atoms with Gasteiger partial charge in [0.1, 0.15) is 11.9 Å². The molecule has 0 radical (unpaired) electrons. The van der Waals surface area contributed by atoms with Gasteiger partial charge < -0.3 is 19.3 Å². The van der Waals surface area contributed by atoms with Crippen LogP contribution in [0.15, 0.2) is 18.3 Å². The summed E-state index contributed by atoms with van der Waals surface area (Å²) < 4.78 is 50.0. The molecule has 10 nitrogen and oxygen atoms in total. The fourth-order valence-electron chi connectivity index (χ4n) is 3.82. The second-order valence-corrected chi connectivity index (χ2v) is 8.07. The van der Waals surface area contributed by atoms with E-state index in [4.69, 9.17) is 14.7 Å². The first-order valence-electron chi connectivity index (χ1n) is 10.9. The molecule has 2 saturated heterocycles. The Kier molecular flexibility index (Phi) is 8.65. The molecule has 3 heterocycles. The molecule has 2 N–H and O–H groups in total. The monoisotopic (exact) mass is 484 g/mol. The average molecular weight is 484 g/mol. The van der Waals surface area contributed by atoms with Gasteiger partial charge in [-0.2, -0.15) is 18.4 Å². The number of piperazine rings is 1. The van der Waals surface area contributed by atoms with Gasteiger partial charge in [-0.1, -0.05) is 0 Å². The molecule has 3 rings (SSSR count). The molecular formula is C21H27F3N6O4. The van der Waals surface area contributed by atoms with Gasteiger partial charge in [-0.3, -0.25) is 15.0 Å². The zero-order valence-corrected chi connectivity index (χ0v) is 18.7. The molecule has 2 amide bonds. The van der Waals surface area contributed by atoms with Crippen LogP contribution in [0.4, 0.5) is 19.0 Å². The molecule has 2 aliphatic heterocycles. The maximum absolute atomic E-state index is 13.1. The Bertz CT molecular complexity index is 884. The van der Waals surface area contributed by atoms with Crippen molar-refractivity contribution in [3.05, 3.63) is 23.9 Å². The van der Waals surface area contributed by atoms with Gasteiger partial charge in [0.05, 0.1) is 37.4 Å². The normalized spacial score (nSPS) is 22.1. The Morgan fingerprint density at radius 3 is 2.65 bits per heavy atom. The lowest BCUT2D eigenvalue weighted by Gasteiger charge is -2.36. The molecule has 1 aromatic rings. The largest absolute Gasteiger partial charge is 0.403 e. The van der Waals surface area contributed by atoms with Crippen molar-refractivity contribution in [2.45, 2.75) is 31.7 Å². The lowest BCUT2D eigenvalue weighted by molar-refractivity contribution is -0.214. The summed E-state index contributed by atoms with van der Waals surface area (Å²) in [5.41, 5.74) is 4.83. The van der Waals surface area contributed by atoms with Crippen LogP contribution in [-0.4, -0.2) is 86.0 Å². The number of nitriles is 1. The first-order valence-corrected chi connectivity index (χ1v) is 10.9. The molecule has 34 heavy (non-hydrogen) atoms. The Balaban J connectivity index is 1.36. The maximum Gasteiger partial charge on any atom is 0.403 e. The van der Waals surface area contributed by atoms with E-state index in [1.807, 2.05) is 16.4 Å². The van der Waals surface area contributed by atoms with E-state index in [9.17, 15) is 22.8 Å². The van der Waals surface area contributed by atoms with E-state index in [1.54, 1.807) is 24.0 Å². The predicted octanol–water partition coefficient (Wildman–Crippen LogP) is 0.595. The smallest absolute Gasteiger partial charge is 0.376 e. The van der Waals surface area contributed by atoms with Crippen LogP contribution >= 0.6 is 0 Å². The number of halogens is 3. The second-order valence-electron chi connectivity index (χ2n) is 8.07. The van der Waals surface area contributed by atoms with Crippen LogP contribution in [0.2, 0.25) is 0 Å². The van der Waals surface area contributed by atoms with Crippen molar-refractivity contribution in [1.82, 2.24) is 20.7 Å². The van der Waals surface area contributed by atoms with E-state index < -0.39 is 30.2 Å². The van der Waals surface area contributed by atoms with Crippen LogP contribution < -0.4 is 15.8 Å². The number of hydrogen-bond acceptors (Lipinski definition) is 8. The molecule has 0 spiro atoms. The van der Waals surface area contributed by atoms with Crippen molar-refractivity contribution >= 4 is 17.6 Å². The van der Waals surface area contributed by atoms with Gasteiger partial charge >= 0.3 is 6.18 Å². The Morgan fingerprint density at radius 1 is 1.29 bits per heavy atom. The van der Waals surface area contributed by atoms with Crippen molar-refractivity contribution < 1.29 is 32.2 Å². The number of nitrogens with one attached hydrogen (secondary N) is 2. The lowest BCUT2D eigenvalue weighted by atomic mass is 9.99. The summed E-state index contributed by atoms with van der Waals surface area (Å²) in [7, 11) is 0. The molecule has 0 bridgehead atoms. The van der Waals surface area contributed by atoms with E-state index >= 15 is 0 Å². The number of pyridine rings is 1. The molecule has 3 atom stereocenters. The van der Waals surface area contributed by atoms with Gasteiger partial charge in [-0.15, -0.1) is 0 Å². The third kappa shape index (κ3) is 6.78. The first-order chi connectivity index (χ1) is 16.2. The minimum absolute atomic E-state index is 0.00468. The van der Waals surface area contributed by atoms with Gasteiger partial charge in [-0.05, 0) is 19.1 Å². The summed E-state index contributed by atoms with van der Waals surface area (Å²) in [6, 6.07) is 5.50. The number of carbonyl (C=O) groups is 2. The molecule has 13 heteroatoms. The van der Waals surface area contributed by atoms with Crippen LogP contribution in [0.3, 0.4) is 0 Å². The first kappa shape index (κ1) is 25.7. The molecule has 2 aliphatic rings. The summed E-state index contributed by atoms with van der Waals surface area (Å²) in [4.78, 5) is 32.1. The van der Waals surface area contributed by atoms with Gasteiger partial charge in [-0.25, -0.2) is 10.4 Å². The highest BCUT2D eigenvalue weighted by molar-refractivity contribution is 5.80. The Labute approximate surface area is 195 Å². The molecule has 0 saturated carbocycles. The van der Waals surface area contributed by atoms with Gasteiger partial charge in [0.25, 0.3) is 0 Å². The molecule has 0 aliphatic carbocycles. The van der Waals surface area contributed by atoms with Gasteiger partial charge in [0.15, 0.2) is 5.92 Å². The summed E-state index contributed by atoms with van der Waals surface area (Å²) in [5, 5.41) is 8.86. The zero-order chi connectivity index (χ0) is 24.7. The number of amides is 2. The van der Waals surface area contributed by atoms with Crippen molar-refractivity contribution in [1.29, 1.82) is 5.26 Å². The van der Waals surface area contributed by atoms with Crippen LogP contribution in [0, 0.1) is 17.2 Å². The minimum Gasteiger partial charge on any atom is -0.376 e. The lowest BCUT2D eigenvalue weighted by Crippen LogP contribution is -2.60. The molecule has 2 fully saturated rings. The average Bonchev–Trinajstić information content (AvgIpc) is 2.81. The highest BCUT2D eigenvalue weighted by atomic mass is 19.4. The van der Waals surface area contributed by atoms with E-state index in [0.29, 0.717) is 31.7 Å². The standard InChI is InChI=1S/C21H27F3N6O4/c1-14(33-8-9-34-16-13-27-28-20(32)19(16)21(22,23)24)10-18(31)30-6-4-29(5-7-30)17-3-2-15(11-25)12-26-17/h2-3,12,14,16,19,27H,4-10,13H2,1H3,(H,28,32)/t14-,16?,19?/m0/s1. The van der Waals surface area contributed by atoms with Crippen molar-refractivity contribution in [3.63, 3.8) is 0 Å². The summed E-state index contributed by atoms with van der Waals surface area (Å²) in [6.07, 6.45) is -4.86. The fraction of sp³-hybridized carbons (Fsp3) is 0.619. The number of hydrogen-bond donors (Lipinski definition) is 2. The van der Waals surface area contributed by atoms with Crippen LogP contribution in [0.25, 0.3) is 0 Å². The van der Waals surface area contributed by atoms with Gasteiger partial charge in [0.2, 0.25) is 11.8 Å². The summed E-state index contributed by atoms with van der Waals surface area (Å²) >= 11 is 0. The quantitative estimate of drug-likeness (QED) is 0.515. The fourth-order valence-corrected chi connectivity index (χ4v) is 3.82. The highest BCUT2D eigenvalue weighted by Gasteiger charge is 2.52. The number of rotatable bonds is 8. The van der Waals surface area contributed by atoms with E-state index in [0.717, 1.165) is 5.82 Å². The number of anilines is 1. The zero-order valence-electron chi connectivity index (χ0n) is 18.7. The van der Waals surface area contributed by atoms with Crippen LogP contribution in [0.5, 0.6) is 0 Å². The SMILES string of the molecule is C[C@@H](CC(=O)N1CCN(c2ccc(C#N)cn2)CC1)OCCOC1CNNC(=O)C1C(F)(F)F. The number of carbonyl (C=O) groups excluding carboxylic acids is 2. The van der Waals surface area contributed by atoms with E-state index in [2.05, 4.69) is 10.4 Å². The Morgan fingerprint density at radius 2 is 2.03 bits per heavy atom. The van der Waals surface area contributed by atoms with Crippen molar-refractivity contribution in [3.8, 4) is 6.07 Å². The van der Waals surface area contributed by atoms with Crippen LogP contribution in [0.1, 0.15) is 18.9 Å². The second kappa shape index (κ2) is 11.5. The number of hydrazine groups is 1. The van der Waals surface area contributed by atoms with E-state index in [1.165, 1.54) is 6.20 Å². The van der Waals surface area contributed by atoms with Crippen molar-refractivity contribution in [2.24, 2.45) is 5.92 Å². The minimum atomic E-state index is -4.71. The molecular weight excluding hydrogens is 457 g/mol. The van der Waals surface area contributed by atoms with Crippen molar-refractivity contribution in [2.75, 3.05) is 50.8 Å². The predicted molar refractivity (Wildman–Crippen MR) is 113 cm³/mol. The highest BCUT2D eigenvalue weighted by Crippen LogP contribution is 2.31. The van der Waals surface area contributed by atoms with E-state index in [-0.39, 0.29) is 32.1 Å². The molecule has 0 aromatic carbocycles. The third-order valence-corrected chi connectivity index (χ3v) is 5.63. The third-order valence-electron chi connectivity index (χ3n) is 5.63. The number of nitrogens with zero attached hydrogens (tertiary/aromatic N) is 4. The molecule has 2 unspecified atom stereocenters. The topological polar surface area (TPSA) is 120 Å². The molecule has 186 valence electrons.